The topological polar surface area (TPSA) is 119 Å². The predicted octanol–water partition coefficient (Wildman–Crippen LogP) is 4.91. The fourth-order valence-corrected chi connectivity index (χ4v) is 4.89. The lowest BCUT2D eigenvalue weighted by Crippen LogP contribution is -2.39. The Morgan fingerprint density at radius 1 is 1.14 bits per heavy atom. The summed E-state index contributed by atoms with van der Waals surface area (Å²) in [5.41, 5.74) is 10.9. The van der Waals surface area contributed by atoms with Gasteiger partial charge in [0.15, 0.2) is 0 Å². The summed E-state index contributed by atoms with van der Waals surface area (Å²) >= 11 is 0. The van der Waals surface area contributed by atoms with E-state index in [0.717, 1.165) is 53.0 Å². The molecule has 5 rings (SSSR count). The van der Waals surface area contributed by atoms with Crippen molar-refractivity contribution in [1.82, 2.24) is 15.0 Å². The predicted molar refractivity (Wildman–Crippen MR) is 146 cm³/mol. The Morgan fingerprint density at radius 2 is 1.92 bits per heavy atom. The minimum absolute atomic E-state index is 0.342. The molecule has 0 atom stereocenters. The first kappa shape index (κ1) is 24.3. The van der Waals surface area contributed by atoms with Gasteiger partial charge in [-0.15, -0.1) is 5.01 Å². The van der Waals surface area contributed by atoms with Crippen molar-refractivity contribution in [3.63, 3.8) is 0 Å². The Kier molecular flexibility index (Phi) is 7.02. The van der Waals surface area contributed by atoms with Crippen LogP contribution in [0.4, 0.5) is 17.2 Å². The van der Waals surface area contributed by atoms with E-state index in [1.807, 2.05) is 48.5 Å². The van der Waals surface area contributed by atoms with Crippen molar-refractivity contribution < 1.29 is 9.66 Å². The SMILES string of the molecule is CC[N+](=O)N1CCC(c2ccc(Nc3cc(NCc4ccc5[nH]ccc5c4)c(C(N)=O)cn3)cc2)CC1. The lowest BCUT2D eigenvalue weighted by Gasteiger charge is -2.27. The van der Waals surface area contributed by atoms with Crippen LogP contribution in [-0.4, -0.2) is 45.4 Å². The number of rotatable bonds is 9. The van der Waals surface area contributed by atoms with Crippen LogP contribution in [0.15, 0.2) is 67.0 Å². The summed E-state index contributed by atoms with van der Waals surface area (Å²) in [7, 11) is 0. The van der Waals surface area contributed by atoms with Crippen LogP contribution >= 0.6 is 0 Å². The molecule has 1 amide bonds. The fourth-order valence-electron chi connectivity index (χ4n) is 4.89. The van der Waals surface area contributed by atoms with Gasteiger partial charge in [0.25, 0.3) is 5.91 Å². The van der Waals surface area contributed by atoms with E-state index in [4.69, 9.17) is 5.73 Å². The average Bonchev–Trinajstić information content (AvgIpc) is 3.40. The van der Waals surface area contributed by atoms with E-state index >= 15 is 0 Å². The number of primary amides is 1. The standard InChI is InChI=1S/C28H31N7O2/c1-2-35(37)34-13-10-21(11-14-34)20-4-6-23(7-5-20)33-27-16-26(24(18-32-27)28(29)36)31-17-19-3-8-25-22(15-19)9-12-30-25/h3-9,12,15-16,18,21,30H,2,10-11,13-14,17H2,1H3,(H3-,29,31,32,33,36)/p+1. The van der Waals surface area contributed by atoms with Gasteiger partial charge >= 0.3 is 0 Å². The first-order chi connectivity index (χ1) is 18.0. The number of pyridine rings is 1. The Bertz CT molecular complexity index is 1410. The molecular formula is C28H32N7O2+. The number of benzene rings is 2. The minimum Gasteiger partial charge on any atom is -0.380 e. The molecule has 0 bridgehead atoms. The number of carbonyl (C=O) groups is 1. The molecule has 190 valence electrons. The van der Waals surface area contributed by atoms with E-state index < -0.39 is 5.91 Å². The maximum absolute atomic E-state index is 12.0. The zero-order chi connectivity index (χ0) is 25.8. The molecule has 0 unspecified atom stereocenters. The summed E-state index contributed by atoms with van der Waals surface area (Å²) in [5, 5.41) is 9.69. The van der Waals surface area contributed by atoms with E-state index in [1.165, 1.54) is 11.8 Å². The molecule has 9 heteroatoms. The second-order valence-electron chi connectivity index (χ2n) is 9.38. The number of nitrogens with two attached hydrogens (primary N) is 1. The number of anilines is 3. The van der Waals surface area contributed by atoms with Crippen LogP contribution < -0.4 is 16.4 Å². The number of fused-ring (bicyclic) bond motifs is 1. The highest BCUT2D eigenvalue weighted by molar-refractivity contribution is 5.98. The zero-order valence-electron chi connectivity index (χ0n) is 20.9. The third-order valence-corrected chi connectivity index (χ3v) is 6.98. The van der Waals surface area contributed by atoms with Crippen LogP contribution in [0.5, 0.6) is 0 Å². The molecule has 1 fully saturated rings. The van der Waals surface area contributed by atoms with Gasteiger partial charge in [0.05, 0.1) is 29.2 Å². The van der Waals surface area contributed by atoms with Crippen LogP contribution in [0, 0.1) is 4.91 Å². The van der Waals surface area contributed by atoms with Crippen molar-refractivity contribution in [2.45, 2.75) is 32.2 Å². The Morgan fingerprint density at radius 3 is 2.65 bits per heavy atom. The third kappa shape index (κ3) is 5.55. The number of H-pyrrole nitrogens is 1. The number of aromatic amines is 1. The van der Waals surface area contributed by atoms with Gasteiger partial charge in [0.1, 0.15) is 10.7 Å². The number of nitrogens with zero attached hydrogens (tertiary/aromatic N) is 3. The first-order valence-electron chi connectivity index (χ1n) is 12.7. The number of nitroso groups, excluding NO2 is 1. The molecule has 1 aliphatic heterocycles. The number of aromatic nitrogens is 2. The number of nitrogens with one attached hydrogen (secondary N) is 3. The number of carbonyl (C=O) groups excluding carboxylic acids is 1. The molecule has 0 spiro atoms. The van der Waals surface area contributed by atoms with Gasteiger partial charge in [0.2, 0.25) is 6.54 Å². The summed E-state index contributed by atoms with van der Waals surface area (Å²) in [4.78, 5) is 32.5. The van der Waals surface area contributed by atoms with Crippen molar-refractivity contribution >= 4 is 34.0 Å². The number of piperidine rings is 1. The molecule has 2 aromatic heterocycles. The highest BCUT2D eigenvalue weighted by Crippen LogP contribution is 2.30. The normalized spacial score (nSPS) is 14.0. The molecular weight excluding hydrogens is 466 g/mol. The monoisotopic (exact) mass is 498 g/mol. The van der Waals surface area contributed by atoms with Gasteiger partial charge in [-0.1, -0.05) is 18.2 Å². The lowest BCUT2D eigenvalue weighted by atomic mass is 9.90. The average molecular weight is 499 g/mol. The summed E-state index contributed by atoms with van der Waals surface area (Å²) in [6.45, 7) is 4.48. The van der Waals surface area contributed by atoms with Gasteiger partial charge in [-0.2, -0.15) is 0 Å². The van der Waals surface area contributed by atoms with E-state index in [1.54, 1.807) is 6.07 Å². The largest absolute Gasteiger partial charge is 0.380 e. The molecule has 0 saturated carbocycles. The Hall–Kier alpha value is -4.40. The van der Waals surface area contributed by atoms with Crippen LogP contribution in [0.2, 0.25) is 0 Å². The lowest BCUT2D eigenvalue weighted by molar-refractivity contribution is -0.707. The number of hydrogen-bond donors (Lipinski definition) is 4. The molecule has 1 aliphatic rings. The van der Waals surface area contributed by atoms with E-state index in [9.17, 15) is 9.70 Å². The van der Waals surface area contributed by atoms with Crippen molar-refractivity contribution in [2.75, 3.05) is 30.3 Å². The second kappa shape index (κ2) is 10.7. The second-order valence-corrected chi connectivity index (χ2v) is 9.38. The fraction of sp³-hybridized carbons (Fsp3) is 0.286. The molecule has 4 aromatic rings. The summed E-state index contributed by atoms with van der Waals surface area (Å²) < 4.78 is 0. The maximum Gasteiger partial charge on any atom is 0.252 e. The summed E-state index contributed by atoms with van der Waals surface area (Å²) in [6, 6.07) is 18.4. The quantitative estimate of drug-likeness (QED) is 0.244. The first-order valence-corrected chi connectivity index (χ1v) is 12.7. The molecule has 5 N–H and O–H groups in total. The van der Waals surface area contributed by atoms with Gasteiger partial charge in [0, 0.05) is 43.1 Å². The smallest absolute Gasteiger partial charge is 0.252 e. The van der Waals surface area contributed by atoms with Gasteiger partial charge in [-0.25, -0.2) is 4.98 Å². The van der Waals surface area contributed by atoms with Crippen LogP contribution in [0.1, 0.15) is 47.2 Å². The molecule has 0 aliphatic carbocycles. The molecule has 2 aromatic carbocycles. The highest BCUT2D eigenvalue weighted by Gasteiger charge is 2.27. The van der Waals surface area contributed by atoms with Gasteiger partial charge in [-0.3, -0.25) is 4.79 Å². The Labute approximate surface area is 215 Å². The van der Waals surface area contributed by atoms with Crippen molar-refractivity contribution in [2.24, 2.45) is 5.73 Å². The van der Waals surface area contributed by atoms with Gasteiger partial charge < -0.3 is 21.4 Å². The number of amides is 1. The van der Waals surface area contributed by atoms with E-state index in [2.05, 4.69) is 38.8 Å². The van der Waals surface area contributed by atoms with Crippen molar-refractivity contribution in [3.05, 3.63) is 88.6 Å². The molecule has 3 heterocycles. The number of hydrogen-bond acceptors (Lipinski definition) is 5. The molecule has 1 saturated heterocycles. The molecule has 0 radical (unpaired) electrons. The minimum atomic E-state index is -0.530. The third-order valence-electron chi connectivity index (χ3n) is 6.98. The van der Waals surface area contributed by atoms with E-state index in [0.29, 0.717) is 36.1 Å². The Balaban J connectivity index is 1.25. The van der Waals surface area contributed by atoms with Crippen molar-refractivity contribution in [1.29, 1.82) is 0 Å². The van der Waals surface area contributed by atoms with Crippen LogP contribution in [0.25, 0.3) is 10.9 Å². The molecule has 9 nitrogen and oxygen atoms in total. The van der Waals surface area contributed by atoms with Crippen LogP contribution in [0.3, 0.4) is 0 Å². The van der Waals surface area contributed by atoms with E-state index in [-0.39, 0.29) is 0 Å². The van der Waals surface area contributed by atoms with Crippen molar-refractivity contribution in [3.8, 4) is 0 Å². The maximum atomic E-state index is 12.0. The number of hydrazine groups is 1. The zero-order valence-corrected chi connectivity index (χ0v) is 20.9. The summed E-state index contributed by atoms with van der Waals surface area (Å²) in [6.07, 6.45) is 5.35. The molecule has 37 heavy (non-hydrogen) atoms. The summed E-state index contributed by atoms with van der Waals surface area (Å²) in [5.74, 6) is 0.534. The highest BCUT2D eigenvalue weighted by atomic mass is 16.3. The van der Waals surface area contributed by atoms with Gasteiger partial charge in [-0.05, 0) is 65.6 Å². The van der Waals surface area contributed by atoms with Crippen LogP contribution in [-0.2, 0) is 6.54 Å².